The summed E-state index contributed by atoms with van der Waals surface area (Å²) in [6, 6.07) is 8.02. The second kappa shape index (κ2) is 5.96. The van der Waals surface area contributed by atoms with Crippen LogP contribution in [-0.4, -0.2) is 6.11 Å². The Morgan fingerprint density at radius 2 is 1.68 bits per heavy atom. The maximum Gasteiger partial charge on any atom is 0.379 e. The molecule has 0 saturated carbocycles. The maximum absolute atomic E-state index is 13.6. The Bertz CT molecular complexity index is 598. The Morgan fingerprint density at radius 3 is 2.27 bits per heavy atom. The molecule has 1 aliphatic heterocycles. The summed E-state index contributed by atoms with van der Waals surface area (Å²) in [5, 5.41) is 0. The van der Waals surface area contributed by atoms with Crippen molar-refractivity contribution in [3.05, 3.63) is 58.7 Å². The van der Waals surface area contributed by atoms with Crippen LogP contribution in [0.1, 0.15) is 62.7 Å². The first-order valence-electron chi connectivity index (χ1n) is 7.94. The van der Waals surface area contributed by atoms with Crippen LogP contribution in [-0.2, 0) is 4.74 Å². The van der Waals surface area contributed by atoms with E-state index in [2.05, 4.69) is 25.1 Å². The first-order valence-corrected chi connectivity index (χ1v) is 7.94. The fourth-order valence-electron chi connectivity index (χ4n) is 3.18. The first kappa shape index (κ1) is 15.4. The predicted octanol–water partition coefficient (Wildman–Crippen LogP) is 5.90. The van der Waals surface area contributed by atoms with Gasteiger partial charge in [0.05, 0.1) is 6.10 Å². The van der Waals surface area contributed by atoms with Gasteiger partial charge >= 0.3 is 6.11 Å². The number of hydrogen-bond acceptors (Lipinski definition) is 1. The molecule has 3 heteroatoms. The molecule has 1 aromatic carbocycles. The Hall–Kier alpha value is -1.48. The van der Waals surface area contributed by atoms with Crippen LogP contribution in [0.15, 0.2) is 47.6 Å². The van der Waals surface area contributed by atoms with Gasteiger partial charge in [0.2, 0.25) is 0 Å². The average molecular weight is 304 g/mol. The van der Waals surface area contributed by atoms with E-state index in [0.29, 0.717) is 12.3 Å². The zero-order valence-corrected chi connectivity index (χ0v) is 13.1. The normalized spacial score (nSPS) is 28.0. The van der Waals surface area contributed by atoms with Gasteiger partial charge < -0.3 is 4.74 Å². The molecule has 0 aromatic heterocycles. The van der Waals surface area contributed by atoms with Crippen LogP contribution in [0.3, 0.4) is 0 Å². The fraction of sp³-hybridized carbons (Fsp3) is 0.474. The second-order valence-electron chi connectivity index (χ2n) is 6.43. The van der Waals surface area contributed by atoms with Gasteiger partial charge in [0.1, 0.15) is 0 Å². The number of ether oxygens (including phenoxy) is 1. The highest BCUT2D eigenvalue weighted by Gasteiger charge is 2.39. The zero-order valence-electron chi connectivity index (χ0n) is 13.1. The Balaban J connectivity index is 1.73. The molecule has 3 rings (SSSR count). The molecule has 2 atom stereocenters. The number of halogens is 2. The van der Waals surface area contributed by atoms with Crippen LogP contribution in [0.2, 0.25) is 0 Å². The summed E-state index contributed by atoms with van der Waals surface area (Å²) in [7, 11) is 0. The van der Waals surface area contributed by atoms with Gasteiger partial charge in [0, 0.05) is 5.57 Å². The number of rotatable bonds is 2. The molecule has 1 aliphatic carbocycles. The van der Waals surface area contributed by atoms with E-state index in [1.54, 1.807) is 6.08 Å². The topological polar surface area (TPSA) is 9.23 Å². The summed E-state index contributed by atoms with van der Waals surface area (Å²) >= 11 is 0. The van der Waals surface area contributed by atoms with Crippen molar-refractivity contribution in [2.24, 2.45) is 0 Å². The fourth-order valence-corrected chi connectivity index (χ4v) is 3.18. The predicted molar refractivity (Wildman–Crippen MR) is 83.9 cm³/mol. The quantitative estimate of drug-likeness (QED) is 0.618. The molecule has 22 heavy (non-hydrogen) atoms. The number of benzene rings is 1. The molecule has 0 N–H and O–H groups in total. The van der Waals surface area contributed by atoms with Crippen LogP contribution < -0.4 is 0 Å². The molecule has 1 heterocycles. The monoisotopic (exact) mass is 304 g/mol. The number of hydrogen-bond donors (Lipinski definition) is 0. The van der Waals surface area contributed by atoms with Crippen molar-refractivity contribution in [3.8, 4) is 0 Å². The van der Waals surface area contributed by atoms with E-state index >= 15 is 0 Å². The van der Waals surface area contributed by atoms with Crippen molar-refractivity contribution >= 4 is 0 Å². The van der Waals surface area contributed by atoms with Crippen molar-refractivity contribution < 1.29 is 13.5 Å². The van der Waals surface area contributed by atoms with Crippen molar-refractivity contribution in [2.75, 3.05) is 0 Å². The largest absolute Gasteiger partial charge is 0.379 e. The molecule has 0 spiro atoms. The van der Waals surface area contributed by atoms with Crippen LogP contribution in [0.25, 0.3) is 0 Å². The van der Waals surface area contributed by atoms with Gasteiger partial charge in [-0.25, -0.2) is 0 Å². The molecule has 1 nitrogen and oxygen atoms in total. The minimum atomic E-state index is -3.15. The van der Waals surface area contributed by atoms with Crippen molar-refractivity contribution in [1.82, 2.24) is 0 Å². The summed E-state index contributed by atoms with van der Waals surface area (Å²) < 4.78 is 32.2. The van der Waals surface area contributed by atoms with E-state index in [4.69, 9.17) is 4.74 Å². The molecule has 0 fully saturated rings. The lowest BCUT2D eigenvalue weighted by Crippen LogP contribution is -2.28. The standard InChI is InChI=1S/C19H22F2O/c1-13-3-6-15(7-4-13)16-8-10-17(11-9-16)18-12-5-14(2)19(20,21)22-18/h3,5,8-11,15,18H,4,6-7,12H2,1-2H3. The van der Waals surface area contributed by atoms with Crippen molar-refractivity contribution in [2.45, 2.75) is 57.7 Å². The maximum atomic E-state index is 13.6. The van der Waals surface area contributed by atoms with E-state index < -0.39 is 12.2 Å². The summed E-state index contributed by atoms with van der Waals surface area (Å²) in [4.78, 5) is 0. The highest BCUT2D eigenvalue weighted by Crippen LogP contribution is 2.39. The number of allylic oxidation sites excluding steroid dienone is 2. The van der Waals surface area contributed by atoms with Gasteiger partial charge in [-0.2, -0.15) is 8.78 Å². The van der Waals surface area contributed by atoms with Crippen LogP contribution >= 0.6 is 0 Å². The molecule has 0 radical (unpaired) electrons. The van der Waals surface area contributed by atoms with E-state index in [1.165, 1.54) is 24.5 Å². The smallest absolute Gasteiger partial charge is 0.308 e. The Morgan fingerprint density at radius 1 is 1.00 bits per heavy atom. The van der Waals surface area contributed by atoms with E-state index in [0.717, 1.165) is 18.4 Å². The van der Waals surface area contributed by atoms with E-state index in [1.807, 2.05) is 12.1 Å². The van der Waals surface area contributed by atoms with Gasteiger partial charge in [-0.15, -0.1) is 0 Å². The summed E-state index contributed by atoms with van der Waals surface area (Å²) in [6.07, 6.45) is 4.08. The van der Waals surface area contributed by atoms with Gasteiger partial charge in [0.15, 0.2) is 0 Å². The van der Waals surface area contributed by atoms with E-state index in [-0.39, 0.29) is 5.57 Å². The lowest BCUT2D eigenvalue weighted by Gasteiger charge is -2.29. The molecule has 2 unspecified atom stereocenters. The zero-order chi connectivity index (χ0) is 15.7. The number of alkyl halides is 2. The summed E-state index contributed by atoms with van der Waals surface area (Å²) in [5.41, 5.74) is 3.59. The molecule has 0 saturated heterocycles. The lowest BCUT2D eigenvalue weighted by atomic mass is 9.84. The molecular formula is C19H22F2O. The Kier molecular flexibility index (Phi) is 4.18. The summed E-state index contributed by atoms with van der Waals surface area (Å²) in [6.45, 7) is 3.59. The third-order valence-electron chi connectivity index (χ3n) is 4.81. The van der Waals surface area contributed by atoms with Gasteiger partial charge in [0.25, 0.3) is 0 Å². The molecule has 2 aliphatic rings. The third kappa shape index (κ3) is 3.14. The summed E-state index contributed by atoms with van der Waals surface area (Å²) in [5.74, 6) is 0.550. The molecule has 0 bridgehead atoms. The minimum absolute atomic E-state index is 0.00438. The second-order valence-corrected chi connectivity index (χ2v) is 6.43. The van der Waals surface area contributed by atoms with Crippen LogP contribution in [0, 0.1) is 0 Å². The lowest BCUT2D eigenvalue weighted by molar-refractivity contribution is -0.243. The highest BCUT2D eigenvalue weighted by molar-refractivity contribution is 5.29. The molecule has 0 amide bonds. The van der Waals surface area contributed by atoms with Crippen LogP contribution in [0.4, 0.5) is 8.78 Å². The third-order valence-corrected chi connectivity index (χ3v) is 4.81. The Labute approximate surface area is 130 Å². The van der Waals surface area contributed by atoms with Crippen molar-refractivity contribution in [1.29, 1.82) is 0 Å². The van der Waals surface area contributed by atoms with Gasteiger partial charge in [-0.05, 0) is 56.6 Å². The minimum Gasteiger partial charge on any atom is -0.308 e. The molecular weight excluding hydrogens is 282 g/mol. The average Bonchev–Trinajstić information content (AvgIpc) is 2.51. The van der Waals surface area contributed by atoms with E-state index in [9.17, 15) is 8.78 Å². The molecule has 118 valence electrons. The van der Waals surface area contributed by atoms with Gasteiger partial charge in [-0.3, -0.25) is 0 Å². The first-order chi connectivity index (χ1) is 10.5. The molecule has 1 aromatic rings. The highest BCUT2D eigenvalue weighted by atomic mass is 19.3. The van der Waals surface area contributed by atoms with Crippen molar-refractivity contribution in [3.63, 3.8) is 0 Å². The SMILES string of the molecule is CC1=CCC(c2ccc(C3CC=C(C)C(F)(F)O3)cc2)CC1. The van der Waals surface area contributed by atoms with Gasteiger partial charge in [-0.1, -0.05) is 42.0 Å². The van der Waals surface area contributed by atoms with Crippen LogP contribution in [0.5, 0.6) is 0 Å².